The van der Waals surface area contributed by atoms with Crippen molar-refractivity contribution in [1.82, 2.24) is 4.31 Å². The lowest BCUT2D eigenvalue weighted by Gasteiger charge is -2.21. The highest BCUT2D eigenvalue weighted by Gasteiger charge is 2.23. The third-order valence-electron chi connectivity index (χ3n) is 3.65. The summed E-state index contributed by atoms with van der Waals surface area (Å²) in [4.78, 5) is 0.327. The summed E-state index contributed by atoms with van der Waals surface area (Å²) in [7, 11) is -3.54. The molecule has 0 amide bonds. The highest BCUT2D eigenvalue weighted by atomic mass is 32.2. The zero-order valence-corrected chi connectivity index (χ0v) is 13.8. The van der Waals surface area contributed by atoms with Gasteiger partial charge in [-0.25, -0.2) is 8.42 Å². The zero-order chi connectivity index (χ0) is 16.2. The molecule has 0 saturated heterocycles. The van der Waals surface area contributed by atoms with E-state index in [0.717, 1.165) is 16.7 Å². The fourth-order valence-corrected chi connectivity index (χ4v) is 3.69. The van der Waals surface area contributed by atoms with Crippen LogP contribution in [-0.2, 0) is 16.6 Å². The summed E-state index contributed by atoms with van der Waals surface area (Å²) in [5.74, 6) is 0. The van der Waals surface area contributed by atoms with Gasteiger partial charge in [-0.2, -0.15) is 4.31 Å². The van der Waals surface area contributed by atoms with E-state index in [4.69, 9.17) is 0 Å². The van der Waals surface area contributed by atoms with Crippen molar-refractivity contribution in [2.75, 3.05) is 6.54 Å². The molecule has 0 N–H and O–H groups in total. The third kappa shape index (κ3) is 3.64. The van der Waals surface area contributed by atoms with Gasteiger partial charge in [-0.1, -0.05) is 42.5 Å². The van der Waals surface area contributed by atoms with E-state index in [1.807, 2.05) is 50.2 Å². The van der Waals surface area contributed by atoms with Crippen molar-refractivity contribution in [1.29, 1.82) is 0 Å². The van der Waals surface area contributed by atoms with Crippen LogP contribution in [0.1, 0.15) is 16.7 Å². The van der Waals surface area contributed by atoms with Gasteiger partial charge in [0.1, 0.15) is 0 Å². The van der Waals surface area contributed by atoms with Crippen molar-refractivity contribution in [3.63, 3.8) is 0 Å². The molecule has 22 heavy (non-hydrogen) atoms. The molecule has 2 rings (SSSR count). The minimum atomic E-state index is -3.54. The Hall–Kier alpha value is -1.91. The fraction of sp³-hybridized carbons (Fsp3) is 0.222. The van der Waals surface area contributed by atoms with Gasteiger partial charge in [-0.3, -0.25) is 0 Å². The predicted molar refractivity (Wildman–Crippen MR) is 90.2 cm³/mol. The number of hydrogen-bond acceptors (Lipinski definition) is 2. The molecule has 4 heteroatoms. The second kappa shape index (κ2) is 6.90. The molecule has 0 aliphatic heterocycles. The Morgan fingerprint density at radius 3 is 2.32 bits per heavy atom. The van der Waals surface area contributed by atoms with Gasteiger partial charge in [0, 0.05) is 13.1 Å². The van der Waals surface area contributed by atoms with Crippen LogP contribution in [0.2, 0.25) is 0 Å². The van der Waals surface area contributed by atoms with Crippen molar-refractivity contribution < 1.29 is 8.42 Å². The quantitative estimate of drug-likeness (QED) is 0.763. The van der Waals surface area contributed by atoms with Crippen LogP contribution in [0.4, 0.5) is 0 Å². The summed E-state index contributed by atoms with van der Waals surface area (Å²) in [5, 5.41) is 0. The summed E-state index contributed by atoms with van der Waals surface area (Å²) in [6.07, 6.45) is 1.61. The summed E-state index contributed by atoms with van der Waals surface area (Å²) >= 11 is 0. The molecule has 2 aromatic carbocycles. The van der Waals surface area contributed by atoms with Crippen molar-refractivity contribution in [3.8, 4) is 0 Å². The maximum Gasteiger partial charge on any atom is 0.243 e. The highest BCUT2D eigenvalue weighted by molar-refractivity contribution is 7.89. The molecular formula is C18H21NO2S. The van der Waals surface area contributed by atoms with E-state index in [1.54, 1.807) is 18.2 Å². The Bertz CT molecular complexity index is 752. The average Bonchev–Trinajstić information content (AvgIpc) is 2.50. The molecule has 0 aliphatic rings. The Kier molecular flexibility index (Phi) is 5.16. The third-order valence-corrected chi connectivity index (χ3v) is 5.46. The highest BCUT2D eigenvalue weighted by Crippen LogP contribution is 2.21. The molecule has 0 aromatic heterocycles. The molecule has 2 aromatic rings. The number of benzene rings is 2. The van der Waals surface area contributed by atoms with Crippen LogP contribution in [0.3, 0.4) is 0 Å². The van der Waals surface area contributed by atoms with Gasteiger partial charge in [-0.15, -0.1) is 6.58 Å². The molecule has 0 unspecified atom stereocenters. The standard InChI is InChI=1S/C18H21NO2S/c1-4-12-19(14-17-8-6-5-7-9-17)22(20,21)18-11-10-15(2)16(3)13-18/h4-11,13H,1,12,14H2,2-3H3. The molecule has 0 fully saturated rings. The topological polar surface area (TPSA) is 37.4 Å². The number of hydrogen-bond donors (Lipinski definition) is 0. The van der Waals surface area contributed by atoms with E-state index in [-0.39, 0.29) is 6.54 Å². The average molecular weight is 315 g/mol. The Labute approximate surface area is 133 Å². The lowest BCUT2D eigenvalue weighted by atomic mass is 10.1. The minimum absolute atomic E-state index is 0.282. The van der Waals surface area contributed by atoms with Crippen molar-refractivity contribution in [2.24, 2.45) is 0 Å². The van der Waals surface area contributed by atoms with Crippen LogP contribution in [-0.4, -0.2) is 19.3 Å². The van der Waals surface area contributed by atoms with Crippen molar-refractivity contribution in [2.45, 2.75) is 25.3 Å². The number of aryl methyl sites for hydroxylation is 2. The molecular weight excluding hydrogens is 294 g/mol. The summed E-state index contributed by atoms with van der Waals surface area (Å²) in [6.45, 7) is 8.18. The van der Waals surface area contributed by atoms with Crippen LogP contribution in [0.25, 0.3) is 0 Å². The Morgan fingerprint density at radius 2 is 1.73 bits per heavy atom. The first-order chi connectivity index (χ1) is 10.4. The predicted octanol–water partition coefficient (Wildman–Crippen LogP) is 3.68. The van der Waals surface area contributed by atoms with Gasteiger partial charge in [0.25, 0.3) is 0 Å². The van der Waals surface area contributed by atoms with Crippen molar-refractivity contribution >= 4 is 10.0 Å². The Balaban J connectivity index is 2.37. The molecule has 0 bridgehead atoms. The van der Waals surface area contributed by atoms with E-state index < -0.39 is 10.0 Å². The molecule has 0 aliphatic carbocycles. The molecule has 0 heterocycles. The van der Waals surface area contributed by atoms with Crippen LogP contribution >= 0.6 is 0 Å². The lowest BCUT2D eigenvalue weighted by Crippen LogP contribution is -2.30. The fourth-order valence-electron chi connectivity index (χ4n) is 2.20. The molecule has 0 radical (unpaired) electrons. The zero-order valence-electron chi connectivity index (χ0n) is 13.0. The van der Waals surface area contributed by atoms with Crippen LogP contribution in [0.15, 0.2) is 66.1 Å². The number of sulfonamides is 1. The van der Waals surface area contributed by atoms with Gasteiger partial charge in [-0.05, 0) is 42.7 Å². The molecule has 0 saturated carbocycles. The molecule has 0 atom stereocenters. The van der Waals surface area contributed by atoms with E-state index in [0.29, 0.717) is 11.4 Å². The van der Waals surface area contributed by atoms with Gasteiger partial charge in [0.05, 0.1) is 4.90 Å². The maximum absolute atomic E-state index is 12.9. The largest absolute Gasteiger partial charge is 0.243 e. The Morgan fingerprint density at radius 1 is 1.05 bits per heavy atom. The van der Waals surface area contributed by atoms with Gasteiger partial charge < -0.3 is 0 Å². The normalized spacial score (nSPS) is 11.6. The van der Waals surface area contributed by atoms with Crippen LogP contribution in [0, 0.1) is 13.8 Å². The van der Waals surface area contributed by atoms with Crippen LogP contribution < -0.4 is 0 Å². The van der Waals surface area contributed by atoms with Gasteiger partial charge in [0.2, 0.25) is 10.0 Å². The van der Waals surface area contributed by atoms with E-state index in [1.165, 1.54) is 4.31 Å². The van der Waals surface area contributed by atoms with Crippen LogP contribution in [0.5, 0.6) is 0 Å². The van der Waals surface area contributed by atoms with E-state index in [2.05, 4.69) is 6.58 Å². The smallest absolute Gasteiger partial charge is 0.207 e. The number of rotatable bonds is 6. The first-order valence-electron chi connectivity index (χ1n) is 7.17. The monoisotopic (exact) mass is 315 g/mol. The summed E-state index contributed by atoms with van der Waals surface area (Å²) < 4.78 is 27.2. The molecule has 0 spiro atoms. The SMILES string of the molecule is C=CCN(Cc1ccccc1)S(=O)(=O)c1ccc(C)c(C)c1. The molecule has 116 valence electrons. The molecule has 3 nitrogen and oxygen atoms in total. The second-order valence-electron chi connectivity index (χ2n) is 5.32. The first-order valence-corrected chi connectivity index (χ1v) is 8.61. The second-order valence-corrected chi connectivity index (χ2v) is 7.26. The van der Waals surface area contributed by atoms with Gasteiger partial charge in [0.15, 0.2) is 0 Å². The van der Waals surface area contributed by atoms with Crippen molar-refractivity contribution in [3.05, 3.63) is 77.9 Å². The lowest BCUT2D eigenvalue weighted by molar-refractivity contribution is 0.438. The van der Waals surface area contributed by atoms with E-state index in [9.17, 15) is 8.42 Å². The summed E-state index contributed by atoms with van der Waals surface area (Å²) in [6, 6.07) is 14.8. The summed E-state index contributed by atoms with van der Waals surface area (Å²) in [5.41, 5.74) is 3.01. The first kappa shape index (κ1) is 16.5. The van der Waals surface area contributed by atoms with Gasteiger partial charge >= 0.3 is 0 Å². The number of nitrogens with zero attached hydrogens (tertiary/aromatic N) is 1. The van der Waals surface area contributed by atoms with E-state index >= 15 is 0 Å². The minimum Gasteiger partial charge on any atom is -0.207 e. The maximum atomic E-state index is 12.9.